The Morgan fingerprint density at radius 3 is 2.65 bits per heavy atom. The fourth-order valence-electron chi connectivity index (χ4n) is 3.25. The molecule has 1 aromatic carbocycles. The van der Waals surface area contributed by atoms with Crippen molar-refractivity contribution in [2.75, 3.05) is 14.2 Å². The van der Waals surface area contributed by atoms with E-state index in [4.69, 9.17) is 16.3 Å². The van der Waals surface area contributed by atoms with Crippen LogP contribution in [-0.2, 0) is 11.3 Å². The molecule has 0 spiro atoms. The molecule has 26 heavy (non-hydrogen) atoms. The molecule has 1 unspecified atom stereocenters. The third kappa shape index (κ3) is 5.88. The van der Waals surface area contributed by atoms with Gasteiger partial charge in [0, 0.05) is 16.6 Å². The number of amides is 3. The number of likely N-dealkylation sites (N-methyl/N-ethyl adjacent to an activating group) is 1. The lowest BCUT2D eigenvalue weighted by Gasteiger charge is -2.24. The predicted octanol–water partition coefficient (Wildman–Crippen LogP) is 1.91. The second-order valence-corrected chi connectivity index (χ2v) is 7.44. The number of ether oxygens (including phenoxy) is 1. The standard InChI is InChI=1S/C19H28ClN3O3/c1-13(18(24)22-19(25)21-16-7-5-4-6-8-16)23(2)12-14-11-15(20)9-10-17(14)26-3/h9-11,13,16H,4-8,12H2,1-3H3,(H2,21,22,24,25)/p+1/t13-/m1/s1. The summed E-state index contributed by atoms with van der Waals surface area (Å²) >= 11 is 6.06. The van der Waals surface area contributed by atoms with Crippen LogP contribution in [0.2, 0.25) is 5.02 Å². The van der Waals surface area contributed by atoms with Crippen molar-refractivity contribution in [3.8, 4) is 5.75 Å². The Hall–Kier alpha value is -1.79. The van der Waals surface area contributed by atoms with Gasteiger partial charge in [-0.15, -0.1) is 0 Å². The fraction of sp³-hybridized carbons (Fsp3) is 0.579. The van der Waals surface area contributed by atoms with Gasteiger partial charge in [0.1, 0.15) is 12.3 Å². The van der Waals surface area contributed by atoms with Gasteiger partial charge in [0.05, 0.1) is 14.2 Å². The number of benzene rings is 1. The lowest BCUT2D eigenvalue weighted by atomic mass is 9.96. The summed E-state index contributed by atoms with van der Waals surface area (Å²) in [6.07, 6.45) is 5.44. The quantitative estimate of drug-likeness (QED) is 0.703. The highest BCUT2D eigenvalue weighted by Crippen LogP contribution is 2.21. The number of methoxy groups -OCH3 is 1. The van der Waals surface area contributed by atoms with Crippen molar-refractivity contribution in [1.82, 2.24) is 10.6 Å². The number of carbonyl (C=O) groups is 2. The van der Waals surface area contributed by atoms with Crippen molar-refractivity contribution in [2.45, 2.75) is 57.7 Å². The summed E-state index contributed by atoms with van der Waals surface area (Å²) in [7, 11) is 3.51. The Labute approximate surface area is 160 Å². The zero-order valence-corrected chi connectivity index (χ0v) is 16.5. The average molecular weight is 383 g/mol. The number of rotatable bonds is 6. The molecule has 144 valence electrons. The van der Waals surface area contributed by atoms with Gasteiger partial charge in [-0.25, -0.2) is 4.79 Å². The highest BCUT2D eigenvalue weighted by molar-refractivity contribution is 6.30. The summed E-state index contributed by atoms with van der Waals surface area (Å²) < 4.78 is 5.35. The van der Waals surface area contributed by atoms with Crippen LogP contribution in [0.15, 0.2) is 18.2 Å². The van der Waals surface area contributed by atoms with Crippen LogP contribution in [0, 0.1) is 0 Å². The molecular weight excluding hydrogens is 354 g/mol. The number of imide groups is 1. The van der Waals surface area contributed by atoms with E-state index in [2.05, 4.69) is 10.6 Å². The summed E-state index contributed by atoms with van der Waals surface area (Å²) in [6, 6.07) is 4.80. The van der Waals surface area contributed by atoms with Gasteiger partial charge >= 0.3 is 6.03 Å². The van der Waals surface area contributed by atoms with E-state index in [0.717, 1.165) is 41.9 Å². The molecule has 1 fully saturated rings. The molecule has 1 aromatic rings. The number of carbonyl (C=O) groups excluding carboxylic acids is 2. The molecule has 1 saturated carbocycles. The Morgan fingerprint density at radius 2 is 2.00 bits per heavy atom. The van der Waals surface area contributed by atoms with E-state index in [-0.39, 0.29) is 11.9 Å². The lowest BCUT2D eigenvalue weighted by molar-refractivity contribution is -0.908. The molecule has 1 aliphatic rings. The highest BCUT2D eigenvalue weighted by Gasteiger charge is 2.25. The molecule has 2 atom stereocenters. The van der Waals surface area contributed by atoms with E-state index in [1.165, 1.54) is 6.42 Å². The maximum atomic E-state index is 12.4. The fourth-order valence-corrected chi connectivity index (χ4v) is 3.45. The summed E-state index contributed by atoms with van der Waals surface area (Å²) in [5.74, 6) is 0.438. The molecule has 3 N–H and O–H groups in total. The maximum Gasteiger partial charge on any atom is 0.321 e. The van der Waals surface area contributed by atoms with Crippen molar-refractivity contribution in [1.29, 1.82) is 0 Å². The minimum Gasteiger partial charge on any atom is -0.496 e. The topological polar surface area (TPSA) is 71.9 Å². The SMILES string of the molecule is COc1ccc(Cl)cc1C[NH+](C)[C@H](C)C(=O)NC(=O)NC1CCCCC1. The minimum absolute atomic E-state index is 0.174. The lowest BCUT2D eigenvalue weighted by Crippen LogP contribution is -3.12. The first kappa shape index (κ1) is 20.5. The molecule has 0 radical (unpaired) electrons. The number of urea groups is 1. The molecule has 0 bridgehead atoms. The van der Waals surface area contributed by atoms with Crippen LogP contribution in [0.5, 0.6) is 5.75 Å². The summed E-state index contributed by atoms with van der Waals surface area (Å²) in [4.78, 5) is 25.4. The van der Waals surface area contributed by atoms with E-state index in [1.54, 1.807) is 20.1 Å². The number of nitrogens with one attached hydrogen (secondary N) is 3. The molecule has 1 aliphatic carbocycles. The molecule has 2 rings (SSSR count). The highest BCUT2D eigenvalue weighted by atomic mass is 35.5. The number of halogens is 1. The third-order valence-electron chi connectivity index (χ3n) is 5.02. The van der Waals surface area contributed by atoms with Crippen molar-refractivity contribution in [3.63, 3.8) is 0 Å². The molecule has 0 heterocycles. The van der Waals surface area contributed by atoms with Crippen LogP contribution in [-0.4, -0.2) is 38.2 Å². The third-order valence-corrected chi connectivity index (χ3v) is 5.26. The smallest absolute Gasteiger partial charge is 0.321 e. The van der Waals surface area contributed by atoms with Crippen LogP contribution in [0.1, 0.15) is 44.6 Å². The van der Waals surface area contributed by atoms with Gasteiger partial charge in [-0.1, -0.05) is 30.9 Å². The van der Waals surface area contributed by atoms with Gasteiger partial charge in [0.2, 0.25) is 0 Å². The van der Waals surface area contributed by atoms with Gasteiger partial charge in [-0.05, 0) is 38.0 Å². The van der Waals surface area contributed by atoms with Gasteiger partial charge in [-0.2, -0.15) is 0 Å². The van der Waals surface area contributed by atoms with Crippen molar-refractivity contribution >= 4 is 23.5 Å². The normalized spacial score (nSPS) is 17.2. The first-order valence-electron chi connectivity index (χ1n) is 9.16. The van der Waals surface area contributed by atoms with Crippen molar-refractivity contribution in [3.05, 3.63) is 28.8 Å². The van der Waals surface area contributed by atoms with E-state index in [9.17, 15) is 9.59 Å². The molecule has 0 aromatic heterocycles. The Bertz CT molecular complexity index is 632. The number of quaternary nitrogens is 1. The second-order valence-electron chi connectivity index (χ2n) is 7.00. The van der Waals surface area contributed by atoms with Crippen LogP contribution in [0.25, 0.3) is 0 Å². The minimum atomic E-state index is -0.401. The largest absolute Gasteiger partial charge is 0.496 e. The molecule has 0 saturated heterocycles. The summed E-state index contributed by atoms with van der Waals surface area (Å²) in [5, 5.41) is 5.99. The molecule has 3 amide bonds. The molecule has 0 aliphatic heterocycles. The number of hydrogen-bond acceptors (Lipinski definition) is 3. The van der Waals surface area contributed by atoms with Gasteiger partial charge < -0.3 is 15.0 Å². The van der Waals surface area contributed by atoms with E-state index >= 15 is 0 Å². The second kappa shape index (κ2) is 9.78. The van der Waals surface area contributed by atoms with Crippen LogP contribution in [0.4, 0.5) is 4.79 Å². The first-order chi connectivity index (χ1) is 12.4. The molecule has 7 heteroatoms. The van der Waals surface area contributed by atoms with Crippen LogP contribution < -0.4 is 20.3 Å². The Kier molecular flexibility index (Phi) is 7.72. The van der Waals surface area contributed by atoms with Crippen molar-refractivity contribution in [2.24, 2.45) is 0 Å². The van der Waals surface area contributed by atoms with Gasteiger partial charge in [0.15, 0.2) is 6.04 Å². The summed E-state index contributed by atoms with van der Waals surface area (Å²) in [6.45, 7) is 2.36. The summed E-state index contributed by atoms with van der Waals surface area (Å²) in [5.41, 5.74) is 0.920. The van der Waals surface area contributed by atoms with E-state index in [0.29, 0.717) is 11.6 Å². The number of hydrogen-bond donors (Lipinski definition) is 3. The van der Waals surface area contributed by atoms with E-state index in [1.807, 2.05) is 19.2 Å². The van der Waals surface area contributed by atoms with Gasteiger partial charge in [0.25, 0.3) is 5.91 Å². The molecular formula is C19H29ClN3O3+. The Morgan fingerprint density at radius 1 is 1.31 bits per heavy atom. The zero-order valence-electron chi connectivity index (χ0n) is 15.7. The van der Waals surface area contributed by atoms with Crippen molar-refractivity contribution < 1.29 is 19.2 Å². The van der Waals surface area contributed by atoms with Crippen LogP contribution >= 0.6 is 11.6 Å². The van der Waals surface area contributed by atoms with Gasteiger partial charge in [-0.3, -0.25) is 10.1 Å². The predicted molar refractivity (Wildman–Crippen MR) is 102 cm³/mol. The maximum absolute atomic E-state index is 12.4. The van der Waals surface area contributed by atoms with E-state index < -0.39 is 12.1 Å². The zero-order chi connectivity index (χ0) is 19.1. The monoisotopic (exact) mass is 382 g/mol. The molecule has 6 nitrogen and oxygen atoms in total. The Balaban J connectivity index is 1.88. The van der Waals surface area contributed by atoms with Crippen LogP contribution in [0.3, 0.4) is 0 Å². The first-order valence-corrected chi connectivity index (χ1v) is 9.54. The average Bonchev–Trinajstić information content (AvgIpc) is 2.61.